The van der Waals surface area contributed by atoms with E-state index in [0.29, 0.717) is 5.69 Å². The van der Waals surface area contributed by atoms with E-state index in [9.17, 15) is 4.79 Å². The van der Waals surface area contributed by atoms with E-state index in [4.69, 9.17) is 24.2 Å². The molecule has 6 nitrogen and oxygen atoms in total. The molecule has 0 amide bonds. The van der Waals surface area contributed by atoms with Gasteiger partial charge in [0, 0.05) is 5.69 Å². The van der Waals surface area contributed by atoms with Crippen molar-refractivity contribution in [1.29, 1.82) is 0 Å². The number of anilines is 1. The van der Waals surface area contributed by atoms with Gasteiger partial charge in [0.2, 0.25) is 0 Å². The molecule has 0 aromatic heterocycles. The van der Waals surface area contributed by atoms with Crippen molar-refractivity contribution in [3.63, 3.8) is 0 Å². The molecule has 1 unspecified atom stereocenters. The molecule has 1 aromatic rings. The minimum Gasteiger partial charge on any atom is -0.748 e. The molecule has 84 valence electrons. The second-order valence-electron chi connectivity index (χ2n) is 2.35. The third kappa shape index (κ3) is 11.9. The van der Waals surface area contributed by atoms with Gasteiger partial charge in [0.05, 0.1) is 14.6 Å². The predicted molar refractivity (Wildman–Crippen MR) is 56.7 cm³/mol. The van der Waals surface area contributed by atoms with Crippen LogP contribution in [0.5, 0.6) is 0 Å². The summed E-state index contributed by atoms with van der Waals surface area (Å²) in [7, 11) is -4.08. The van der Waals surface area contributed by atoms with E-state index in [-0.39, 0.29) is 35.1 Å². The zero-order valence-corrected chi connectivity index (χ0v) is 12.0. The normalized spacial score (nSPS) is 12.4. The largest absolute Gasteiger partial charge is 1.00 e. The average molecular weight is 273 g/mol. The first-order valence-corrected chi connectivity index (χ1v) is 5.84. The fourth-order valence-corrected chi connectivity index (χ4v) is 0.626. The van der Waals surface area contributed by atoms with E-state index in [0.717, 1.165) is 0 Å². The van der Waals surface area contributed by atoms with E-state index in [2.05, 4.69) is 11.2 Å². The van der Waals surface area contributed by atoms with Crippen LogP contribution in [0.3, 0.4) is 0 Å². The molecule has 0 aliphatic heterocycles. The second-order valence-corrected chi connectivity index (χ2v) is 4.47. The Morgan fingerprint density at radius 1 is 1.38 bits per heavy atom. The zero-order valence-electron chi connectivity index (χ0n) is 8.32. The molecule has 0 radical (unpaired) electrons. The monoisotopic (exact) mass is 273 g/mol. The molecule has 4 N–H and O–H groups in total. The molecule has 0 saturated carbocycles. The summed E-state index contributed by atoms with van der Waals surface area (Å²) < 4.78 is 25.3. The Labute approximate surface area is 119 Å². The van der Waals surface area contributed by atoms with E-state index in [1.54, 1.807) is 12.1 Å². The number of nitrogen functional groups attached to an aromatic ring is 1. The Hall–Kier alpha value is -0.220. The first kappa shape index (κ1) is 18.2. The molecule has 1 aromatic carbocycles. The van der Waals surface area contributed by atoms with E-state index >= 15 is 0 Å². The zero-order chi connectivity index (χ0) is 12.1. The van der Waals surface area contributed by atoms with Gasteiger partial charge in [-0.3, -0.25) is 0 Å². The molecule has 0 bridgehead atoms. The van der Waals surface area contributed by atoms with E-state index in [1.165, 1.54) is 12.1 Å². The number of nitrogens with two attached hydrogens (primary N) is 1. The maximum atomic E-state index is 10.3. The Morgan fingerprint density at radius 2 is 1.69 bits per heavy atom. The first-order chi connectivity index (χ1) is 6.70. The van der Waals surface area contributed by atoms with Crippen LogP contribution in [-0.2, 0) is 20.2 Å². The van der Waals surface area contributed by atoms with Gasteiger partial charge in [-0.25, -0.2) is 9.00 Å². The summed E-state index contributed by atoms with van der Waals surface area (Å²) in [6.07, 6.45) is 0. The summed E-state index contributed by atoms with van der Waals surface area (Å²) >= 11 is 3.35. The molecule has 0 aliphatic rings. The van der Waals surface area contributed by atoms with Crippen LogP contribution >= 0.6 is 0 Å². The second kappa shape index (κ2) is 7.96. The Morgan fingerprint density at radius 3 is 1.94 bits per heavy atom. The van der Waals surface area contributed by atoms with Gasteiger partial charge in [-0.05, 0) is 35.5 Å². The SMILES string of the molecule is Nc1ccc(C(=O)O)cc1.O=S([O-])(O)=S.[Na+]. The smallest absolute Gasteiger partial charge is 0.748 e. The van der Waals surface area contributed by atoms with Crippen molar-refractivity contribution in [1.82, 2.24) is 0 Å². The van der Waals surface area contributed by atoms with E-state index < -0.39 is 15.0 Å². The van der Waals surface area contributed by atoms with Crippen LogP contribution in [0.4, 0.5) is 5.69 Å². The van der Waals surface area contributed by atoms with Crippen LogP contribution in [0.1, 0.15) is 10.4 Å². The maximum absolute atomic E-state index is 10.3. The molecule has 1 atom stereocenters. The third-order valence-electron chi connectivity index (χ3n) is 1.16. The number of carbonyl (C=O) groups is 1. The quantitative estimate of drug-likeness (QED) is 0.376. The van der Waals surface area contributed by atoms with Crippen molar-refractivity contribution < 1.29 is 52.8 Å². The van der Waals surface area contributed by atoms with Gasteiger partial charge >= 0.3 is 35.5 Å². The van der Waals surface area contributed by atoms with Crippen molar-refractivity contribution in [3.05, 3.63) is 29.8 Å². The molecule has 16 heavy (non-hydrogen) atoms. The van der Waals surface area contributed by atoms with Crippen LogP contribution < -0.4 is 35.3 Å². The van der Waals surface area contributed by atoms with Crippen LogP contribution in [0.15, 0.2) is 24.3 Å². The summed E-state index contributed by atoms with van der Waals surface area (Å²) in [5.74, 6) is -0.931. The number of hydrogen-bond acceptors (Lipinski definition) is 5. The van der Waals surface area contributed by atoms with Crippen LogP contribution in [0.2, 0.25) is 0 Å². The number of carboxylic acids is 1. The molecule has 0 fully saturated rings. The molecule has 1 rings (SSSR count). The van der Waals surface area contributed by atoms with E-state index in [1.807, 2.05) is 0 Å². The molecular formula is C7H8NNaO5S2. The minimum absolute atomic E-state index is 0. The number of hydrogen-bond donors (Lipinski definition) is 3. The van der Waals surface area contributed by atoms with Crippen molar-refractivity contribution in [2.75, 3.05) is 5.73 Å². The Kier molecular flexibility index (Phi) is 9.03. The third-order valence-corrected chi connectivity index (χ3v) is 1.16. The molecule has 9 heteroatoms. The number of benzene rings is 1. The fraction of sp³-hybridized carbons (Fsp3) is 0. The van der Waals surface area contributed by atoms with Gasteiger partial charge in [-0.15, -0.1) is 0 Å². The summed E-state index contributed by atoms with van der Waals surface area (Å²) in [5.41, 5.74) is 6.17. The Bertz CT molecular complexity index is 423. The standard InChI is InChI=1S/C7H7NO2.Na.H2O3S2/c8-6-3-1-5(2-4-6)7(9)10;;1-5(2,3)4/h1-4H,8H2,(H,9,10);;(H2,1,2,3,4)/q;+1;/p-1. The molecule has 0 heterocycles. The van der Waals surface area contributed by atoms with Crippen molar-refractivity contribution >= 4 is 31.9 Å². The maximum Gasteiger partial charge on any atom is 1.00 e. The molecular weight excluding hydrogens is 265 g/mol. The van der Waals surface area contributed by atoms with Gasteiger partial charge in [0.1, 0.15) is 0 Å². The average Bonchev–Trinajstić information content (AvgIpc) is 2.01. The molecule has 0 saturated heterocycles. The van der Waals surface area contributed by atoms with Crippen LogP contribution in [0, 0.1) is 0 Å². The van der Waals surface area contributed by atoms with Crippen molar-refractivity contribution in [2.45, 2.75) is 0 Å². The van der Waals surface area contributed by atoms with Crippen molar-refractivity contribution in [2.24, 2.45) is 0 Å². The topological polar surface area (TPSA) is 124 Å². The van der Waals surface area contributed by atoms with Crippen LogP contribution in [-0.4, -0.2) is 24.4 Å². The summed E-state index contributed by atoms with van der Waals surface area (Å²) in [6.45, 7) is 0. The molecule has 0 spiro atoms. The van der Waals surface area contributed by atoms with Gasteiger partial charge < -0.3 is 19.9 Å². The van der Waals surface area contributed by atoms with Gasteiger partial charge in [0.25, 0.3) is 0 Å². The minimum atomic E-state index is -4.08. The first-order valence-electron chi connectivity index (χ1n) is 3.47. The Balaban J connectivity index is 0. The van der Waals surface area contributed by atoms with Crippen molar-refractivity contribution in [3.8, 4) is 0 Å². The fourth-order valence-electron chi connectivity index (χ4n) is 0.626. The number of aromatic carboxylic acids is 1. The number of rotatable bonds is 1. The summed E-state index contributed by atoms with van der Waals surface area (Å²) in [5, 5.41) is 8.43. The van der Waals surface area contributed by atoms with Gasteiger partial charge in [-0.1, -0.05) is 0 Å². The summed E-state index contributed by atoms with van der Waals surface area (Å²) in [4.78, 5) is 10.3. The molecule has 0 aliphatic carbocycles. The van der Waals surface area contributed by atoms with Crippen LogP contribution in [0.25, 0.3) is 0 Å². The van der Waals surface area contributed by atoms with Gasteiger partial charge in [-0.2, -0.15) is 0 Å². The summed E-state index contributed by atoms with van der Waals surface area (Å²) in [6, 6.07) is 6.06. The van der Waals surface area contributed by atoms with Gasteiger partial charge in [0.15, 0.2) is 0 Å². The number of carboxylic acid groups (broad SMARTS) is 1. The predicted octanol–water partition coefficient (Wildman–Crippen LogP) is -2.69.